The number of halogens is 3. The van der Waals surface area contributed by atoms with Gasteiger partial charge in [-0.05, 0) is 42.5 Å². The molecule has 2 aromatic rings. The van der Waals surface area contributed by atoms with Gasteiger partial charge in [0.1, 0.15) is 0 Å². The second-order valence-electron chi connectivity index (χ2n) is 6.50. The molecule has 0 radical (unpaired) electrons. The molecular weight excluding hydrogens is 413 g/mol. The number of rotatable bonds is 5. The molecule has 1 aromatic carbocycles. The average Bonchev–Trinajstić information content (AvgIpc) is 3.19. The molecule has 0 saturated carbocycles. The molecule has 1 amide bonds. The van der Waals surface area contributed by atoms with Gasteiger partial charge in [0, 0.05) is 23.9 Å². The summed E-state index contributed by atoms with van der Waals surface area (Å²) in [5, 5.41) is 4.76. The first-order valence-electron chi connectivity index (χ1n) is 8.65. The highest BCUT2D eigenvalue weighted by atomic mass is 32.2. The molecule has 10 heteroatoms. The molecular formula is C18H19F3N2O3S2. The van der Waals surface area contributed by atoms with E-state index in [0.29, 0.717) is 25.5 Å². The van der Waals surface area contributed by atoms with Crippen LogP contribution in [-0.4, -0.2) is 31.7 Å². The summed E-state index contributed by atoms with van der Waals surface area (Å²) in [6.45, 7) is 0.616. The molecule has 152 valence electrons. The first kappa shape index (κ1) is 20.8. The standard InChI is InChI=1S/C18H19F3N2O3S2/c19-18(20,21)14-3-1-5-16(11-14)28(25,26)23-8-6-13(7-9-23)17(24)22-12-15-4-2-10-27-15/h1-5,10-11,13H,6-9,12H2,(H,22,24). The highest BCUT2D eigenvalue weighted by Crippen LogP contribution is 2.32. The number of thiophene rings is 1. The topological polar surface area (TPSA) is 66.5 Å². The third-order valence-electron chi connectivity index (χ3n) is 4.64. The van der Waals surface area contributed by atoms with E-state index in [1.165, 1.54) is 11.3 Å². The van der Waals surface area contributed by atoms with Crippen LogP contribution in [-0.2, 0) is 27.5 Å². The van der Waals surface area contributed by atoms with Gasteiger partial charge in [0.05, 0.1) is 17.0 Å². The molecule has 1 saturated heterocycles. The van der Waals surface area contributed by atoms with Gasteiger partial charge in [-0.1, -0.05) is 12.1 Å². The fourth-order valence-electron chi connectivity index (χ4n) is 3.07. The van der Waals surface area contributed by atoms with E-state index in [1.807, 2.05) is 17.5 Å². The molecule has 0 bridgehead atoms. The normalized spacial score (nSPS) is 16.8. The summed E-state index contributed by atoms with van der Waals surface area (Å²) in [5.41, 5.74) is -1.00. The Hall–Kier alpha value is -1.91. The number of benzene rings is 1. The third kappa shape index (κ3) is 4.73. The molecule has 1 aliphatic heterocycles. The maximum atomic E-state index is 12.9. The van der Waals surface area contributed by atoms with Crippen LogP contribution in [0.3, 0.4) is 0 Å². The van der Waals surface area contributed by atoms with Gasteiger partial charge in [0.15, 0.2) is 0 Å². The van der Waals surface area contributed by atoms with Crippen molar-refractivity contribution in [3.63, 3.8) is 0 Å². The van der Waals surface area contributed by atoms with Crippen molar-refractivity contribution in [1.82, 2.24) is 9.62 Å². The van der Waals surface area contributed by atoms with Crippen LogP contribution in [0.25, 0.3) is 0 Å². The quantitative estimate of drug-likeness (QED) is 0.787. The first-order chi connectivity index (χ1) is 13.2. The summed E-state index contributed by atoms with van der Waals surface area (Å²) >= 11 is 1.53. The smallest absolute Gasteiger partial charge is 0.351 e. The number of sulfonamides is 1. The molecule has 0 atom stereocenters. The molecule has 3 rings (SSSR count). The fraction of sp³-hybridized carbons (Fsp3) is 0.389. The molecule has 28 heavy (non-hydrogen) atoms. The minimum atomic E-state index is -4.61. The monoisotopic (exact) mass is 432 g/mol. The van der Waals surface area contributed by atoms with Crippen molar-refractivity contribution >= 4 is 27.3 Å². The predicted molar refractivity (Wildman–Crippen MR) is 99.1 cm³/mol. The maximum Gasteiger partial charge on any atom is 0.416 e. The molecule has 2 heterocycles. The summed E-state index contributed by atoms with van der Waals surface area (Å²) in [6, 6.07) is 7.53. The van der Waals surface area contributed by atoms with E-state index >= 15 is 0 Å². The van der Waals surface area contributed by atoms with Crippen LogP contribution in [0.4, 0.5) is 13.2 Å². The van der Waals surface area contributed by atoms with Crippen molar-refractivity contribution in [1.29, 1.82) is 0 Å². The van der Waals surface area contributed by atoms with E-state index in [9.17, 15) is 26.4 Å². The van der Waals surface area contributed by atoms with Crippen molar-refractivity contribution < 1.29 is 26.4 Å². The average molecular weight is 432 g/mol. The van der Waals surface area contributed by atoms with Gasteiger partial charge in [-0.25, -0.2) is 8.42 Å². The zero-order chi connectivity index (χ0) is 20.4. The molecule has 1 aliphatic rings. The van der Waals surface area contributed by atoms with Crippen LogP contribution < -0.4 is 5.32 Å². The second kappa shape index (κ2) is 8.22. The Morgan fingerprint density at radius 1 is 1.18 bits per heavy atom. The molecule has 1 N–H and O–H groups in total. The maximum absolute atomic E-state index is 12.9. The fourth-order valence-corrected chi connectivity index (χ4v) is 5.23. The van der Waals surface area contributed by atoms with Gasteiger partial charge in [0.2, 0.25) is 15.9 Å². The third-order valence-corrected chi connectivity index (χ3v) is 7.41. The number of nitrogens with zero attached hydrogens (tertiary/aromatic N) is 1. The Morgan fingerprint density at radius 2 is 1.89 bits per heavy atom. The largest absolute Gasteiger partial charge is 0.416 e. The molecule has 1 aromatic heterocycles. The first-order valence-corrected chi connectivity index (χ1v) is 11.0. The number of carbonyl (C=O) groups excluding carboxylic acids is 1. The molecule has 0 spiro atoms. The zero-order valence-corrected chi connectivity index (χ0v) is 16.4. The number of nitrogens with one attached hydrogen (secondary N) is 1. The second-order valence-corrected chi connectivity index (χ2v) is 9.47. The lowest BCUT2D eigenvalue weighted by Gasteiger charge is -2.30. The zero-order valence-electron chi connectivity index (χ0n) is 14.8. The minimum absolute atomic E-state index is 0.0929. The van der Waals surface area contributed by atoms with Gasteiger partial charge in [-0.2, -0.15) is 17.5 Å². The number of hydrogen-bond acceptors (Lipinski definition) is 4. The lowest BCUT2D eigenvalue weighted by molar-refractivity contribution is -0.137. The summed E-state index contributed by atoms with van der Waals surface area (Å²) in [7, 11) is -4.04. The highest BCUT2D eigenvalue weighted by molar-refractivity contribution is 7.89. The van der Waals surface area contributed by atoms with Crippen LogP contribution in [0.15, 0.2) is 46.7 Å². The van der Waals surface area contributed by atoms with E-state index in [1.54, 1.807) is 0 Å². The summed E-state index contributed by atoms with van der Waals surface area (Å²) in [5.74, 6) is -0.447. The van der Waals surface area contributed by atoms with Gasteiger partial charge >= 0.3 is 6.18 Å². The summed E-state index contributed by atoms with van der Waals surface area (Å²) < 4.78 is 65.1. The number of amides is 1. The Morgan fingerprint density at radius 3 is 2.50 bits per heavy atom. The lowest BCUT2D eigenvalue weighted by atomic mass is 9.97. The Balaban J connectivity index is 1.61. The SMILES string of the molecule is O=C(NCc1cccs1)C1CCN(S(=O)(=O)c2cccc(C(F)(F)F)c2)CC1. The predicted octanol–water partition coefficient (Wildman–Crippen LogP) is 3.48. The van der Waals surface area contributed by atoms with Gasteiger partial charge < -0.3 is 5.32 Å². The number of alkyl halides is 3. The van der Waals surface area contributed by atoms with Crippen LogP contribution >= 0.6 is 11.3 Å². The number of carbonyl (C=O) groups is 1. The van der Waals surface area contributed by atoms with Gasteiger partial charge in [-0.15, -0.1) is 11.3 Å². The highest BCUT2D eigenvalue weighted by Gasteiger charge is 2.35. The minimum Gasteiger partial charge on any atom is -0.351 e. The van der Waals surface area contributed by atoms with Crippen LogP contribution in [0.5, 0.6) is 0 Å². The Bertz CT molecular complexity index is 920. The molecule has 5 nitrogen and oxygen atoms in total. The van der Waals surface area contributed by atoms with Gasteiger partial charge in [-0.3, -0.25) is 4.79 Å². The van der Waals surface area contributed by atoms with E-state index in [4.69, 9.17) is 0 Å². The lowest BCUT2D eigenvalue weighted by Crippen LogP contribution is -2.42. The van der Waals surface area contributed by atoms with Crippen molar-refractivity contribution in [3.05, 3.63) is 52.2 Å². The van der Waals surface area contributed by atoms with E-state index in [2.05, 4.69) is 5.32 Å². The Labute approximate surface area is 165 Å². The van der Waals surface area contributed by atoms with Crippen molar-refractivity contribution in [3.8, 4) is 0 Å². The van der Waals surface area contributed by atoms with Gasteiger partial charge in [0.25, 0.3) is 0 Å². The van der Waals surface area contributed by atoms with E-state index in [-0.39, 0.29) is 29.8 Å². The summed E-state index contributed by atoms with van der Waals surface area (Å²) in [4.78, 5) is 12.9. The molecule has 0 aliphatic carbocycles. The van der Waals surface area contributed by atoms with Crippen molar-refractivity contribution in [2.75, 3.05) is 13.1 Å². The van der Waals surface area contributed by atoms with Crippen LogP contribution in [0, 0.1) is 5.92 Å². The molecule has 1 fully saturated rings. The number of hydrogen-bond donors (Lipinski definition) is 1. The van der Waals surface area contributed by atoms with Crippen LogP contribution in [0.1, 0.15) is 23.3 Å². The number of piperidine rings is 1. The van der Waals surface area contributed by atoms with E-state index in [0.717, 1.165) is 27.4 Å². The Kier molecular flexibility index (Phi) is 6.11. The van der Waals surface area contributed by atoms with Crippen molar-refractivity contribution in [2.45, 2.75) is 30.5 Å². The molecule has 0 unspecified atom stereocenters. The van der Waals surface area contributed by atoms with E-state index < -0.39 is 21.8 Å². The summed E-state index contributed by atoms with van der Waals surface area (Å²) in [6.07, 6.45) is -3.96. The van der Waals surface area contributed by atoms with Crippen molar-refractivity contribution in [2.24, 2.45) is 5.92 Å². The van der Waals surface area contributed by atoms with Crippen LogP contribution in [0.2, 0.25) is 0 Å².